The maximum atomic E-state index is 10.7. The van der Waals surface area contributed by atoms with Crippen molar-refractivity contribution in [3.8, 4) is 35.1 Å². The van der Waals surface area contributed by atoms with Crippen LogP contribution >= 0.6 is 0 Å². The Morgan fingerprint density at radius 2 is 1.07 bits per heavy atom. The second kappa shape index (κ2) is 16.6. The highest BCUT2D eigenvalue weighted by Crippen LogP contribution is 2.23. The maximum absolute atomic E-state index is 10.7. The van der Waals surface area contributed by atoms with Gasteiger partial charge in [0.2, 0.25) is 0 Å². The molecule has 214 valence electrons. The summed E-state index contributed by atoms with van der Waals surface area (Å²) < 4.78 is 21.5. The molecule has 0 fully saturated rings. The average Bonchev–Trinajstić information content (AvgIpc) is 3.03. The summed E-state index contributed by atoms with van der Waals surface area (Å²) >= 11 is 0. The largest absolute Gasteiger partial charge is 0.497 e. The molecule has 42 heavy (non-hydrogen) atoms. The average molecular weight is 565 g/mol. The van der Waals surface area contributed by atoms with Gasteiger partial charge in [-0.2, -0.15) is 10.5 Å². The van der Waals surface area contributed by atoms with Gasteiger partial charge in [-0.05, 0) is 70.8 Å². The molecule has 0 radical (unpaired) electrons. The molecule has 0 aromatic heterocycles. The number of nitriles is 2. The third-order valence-electron chi connectivity index (χ3n) is 6.15. The highest BCUT2D eigenvalue weighted by Gasteiger charge is 2.14. The van der Waals surface area contributed by atoms with Crippen molar-refractivity contribution in [1.29, 1.82) is 10.5 Å². The van der Waals surface area contributed by atoms with Crippen LogP contribution in [0.5, 0.6) is 23.0 Å². The van der Waals surface area contributed by atoms with Crippen molar-refractivity contribution in [1.82, 2.24) is 0 Å². The normalized spacial score (nSPS) is 10.6. The van der Waals surface area contributed by atoms with Crippen molar-refractivity contribution in [3.05, 3.63) is 119 Å². The van der Waals surface area contributed by atoms with Gasteiger partial charge in [0.15, 0.2) is 0 Å². The predicted octanol–water partition coefficient (Wildman–Crippen LogP) is 6.70. The summed E-state index contributed by atoms with van der Waals surface area (Å²) in [6.07, 6.45) is 0.224. The number of carbonyl (C=O) groups is 1. The fourth-order valence-electron chi connectivity index (χ4n) is 3.78. The second-order valence-electron chi connectivity index (χ2n) is 9.10. The molecule has 0 aliphatic rings. The van der Waals surface area contributed by atoms with Crippen LogP contribution < -0.4 is 18.9 Å². The molecule has 4 rings (SSSR count). The lowest BCUT2D eigenvalue weighted by Crippen LogP contribution is -2.04. The van der Waals surface area contributed by atoms with Crippen LogP contribution in [0.25, 0.3) is 0 Å². The molecule has 0 bridgehead atoms. The molecule has 0 saturated heterocycles. The van der Waals surface area contributed by atoms with Gasteiger partial charge in [-0.15, -0.1) is 0 Å². The minimum atomic E-state index is -0.989. The highest BCUT2D eigenvalue weighted by molar-refractivity contribution is 5.68. The molecule has 1 unspecified atom stereocenters. The zero-order valence-electron chi connectivity index (χ0n) is 23.5. The van der Waals surface area contributed by atoms with Gasteiger partial charge in [0.05, 0.1) is 45.1 Å². The molecule has 4 aromatic rings. The zero-order chi connectivity index (χ0) is 30.2. The van der Waals surface area contributed by atoms with Crippen LogP contribution in [0.4, 0.5) is 0 Å². The van der Waals surface area contributed by atoms with Gasteiger partial charge in [0.25, 0.3) is 0 Å². The number of hydrogen-bond donors (Lipinski definition) is 1. The molecule has 8 nitrogen and oxygen atoms in total. The Balaban J connectivity index is 0.000000235. The minimum Gasteiger partial charge on any atom is -0.497 e. The van der Waals surface area contributed by atoms with E-state index in [0.717, 1.165) is 33.9 Å². The van der Waals surface area contributed by atoms with Crippen molar-refractivity contribution in [2.24, 2.45) is 0 Å². The van der Waals surface area contributed by atoms with Gasteiger partial charge in [0.1, 0.15) is 36.2 Å². The number of benzene rings is 4. The van der Waals surface area contributed by atoms with Gasteiger partial charge >= 0.3 is 5.97 Å². The first-order chi connectivity index (χ1) is 20.4. The molecular weight excluding hydrogens is 532 g/mol. The van der Waals surface area contributed by atoms with E-state index in [1.165, 1.54) is 0 Å². The summed E-state index contributed by atoms with van der Waals surface area (Å²) in [7, 11) is 3.26. The fraction of sp³-hybridized carbons (Fsp3) is 0.206. The van der Waals surface area contributed by atoms with Crippen LogP contribution in [-0.4, -0.2) is 25.3 Å². The van der Waals surface area contributed by atoms with E-state index in [1.54, 1.807) is 38.5 Å². The molecule has 1 N–H and O–H groups in total. The van der Waals surface area contributed by atoms with Gasteiger partial charge in [0, 0.05) is 0 Å². The Hall–Kier alpha value is -5.47. The molecule has 0 amide bonds. The Morgan fingerprint density at radius 1 is 0.667 bits per heavy atom. The number of rotatable bonds is 12. The number of methoxy groups -OCH3 is 2. The second-order valence-corrected chi connectivity index (χ2v) is 9.10. The quantitative estimate of drug-likeness (QED) is 0.202. The molecule has 0 aliphatic heterocycles. The topological polar surface area (TPSA) is 122 Å². The summed E-state index contributed by atoms with van der Waals surface area (Å²) in [5.74, 6) is 1.46. The van der Waals surface area contributed by atoms with Crippen LogP contribution in [0.1, 0.15) is 34.6 Å². The number of carboxylic acid groups (broad SMARTS) is 1. The molecule has 0 heterocycles. The van der Waals surface area contributed by atoms with E-state index in [1.807, 2.05) is 78.9 Å². The van der Waals surface area contributed by atoms with E-state index < -0.39 is 11.9 Å². The molecule has 4 aromatic carbocycles. The number of hydrogen-bond acceptors (Lipinski definition) is 7. The number of ether oxygens (including phenoxy) is 4. The number of aliphatic carboxylic acids is 1. The maximum Gasteiger partial charge on any atom is 0.305 e. The molecule has 0 spiro atoms. The van der Waals surface area contributed by atoms with E-state index in [0.29, 0.717) is 30.9 Å². The SMILES string of the molecule is COc1ccc(COc2ccc(C(C#N)CC(=O)O)cc2)cc1.COc1ccc(COc2ccc(CC#N)cc2)cc1. The summed E-state index contributed by atoms with van der Waals surface area (Å²) in [6.45, 7) is 0.932. The zero-order valence-corrected chi connectivity index (χ0v) is 23.5. The standard InChI is InChI=1S/C18H17NO4.C16H15NO2/c1-22-16-6-2-13(3-7-16)12-23-17-8-4-14(5-9-17)15(11-19)10-18(20)21;1-18-15-6-4-14(5-7-15)12-19-16-8-2-13(3-9-16)10-11-17/h2-9,15H,10,12H2,1H3,(H,20,21);2-9H,10,12H2,1H3. The number of carboxylic acids is 1. The Labute approximate surface area is 245 Å². The van der Waals surface area contributed by atoms with Crippen LogP contribution in [0.2, 0.25) is 0 Å². The Kier molecular flexibility index (Phi) is 12.3. The molecule has 1 atom stereocenters. The van der Waals surface area contributed by atoms with E-state index in [2.05, 4.69) is 6.07 Å². The van der Waals surface area contributed by atoms with E-state index in [9.17, 15) is 4.79 Å². The first kappa shape index (κ1) is 31.1. The van der Waals surface area contributed by atoms with E-state index in [4.69, 9.17) is 34.6 Å². The molecule has 0 saturated carbocycles. The van der Waals surface area contributed by atoms with Crippen molar-refractivity contribution in [3.63, 3.8) is 0 Å². The van der Waals surface area contributed by atoms with Crippen molar-refractivity contribution < 1.29 is 28.8 Å². The predicted molar refractivity (Wildman–Crippen MR) is 157 cm³/mol. The molecular formula is C34H32N2O6. The van der Waals surface area contributed by atoms with Crippen LogP contribution in [0.3, 0.4) is 0 Å². The summed E-state index contributed by atoms with van der Waals surface area (Å²) in [5.41, 5.74) is 3.77. The molecule has 8 heteroatoms. The lowest BCUT2D eigenvalue weighted by molar-refractivity contribution is -0.137. The third kappa shape index (κ3) is 10.3. The van der Waals surface area contributed by atoms with Gasteiger partial charge < -0.3 is 24.1 Å². The summed E-state index contributed by atoms with van der Waals surface area (Å²) in [5, 5.41) is 26.4. The fourth-order valence-corrected chi connectivity index (χ4v) is 3.78. The van der Waals surface area contributed by atoms with E-state index >= 15 is 0 Å². The first-order valence-electron chi connectivity index (χ1n) is 13.1. The first-order valence-corrected chi connectivity index (χ1v) is 13.1. The van der Waals surface area contributed by atoms with Gasteiger partial charge in [-0.3, -0.25) is 4.79 Å². The van der Waals surface area contributed by atoms with Gasteiger partial charge in [-0.1, -0.05) is 48.5 Å². The summed E-state index contributed by atoms with van der Waals surface area (Å²) in [6, 6.07) is 34.0. The van der Waals surface area contributed by atoms with Crippen LogP contribution in [0.15, 0.2) is 97.1 Å². The van der Waals surface area contributed by atoms with Crippen molar-refractivity contribution >= 4 is 5.97 Å². The highest BCUT2D eigenvalue weighted by atomic mass is 16.5. The van der Waals surface area contributed by atoms with Crippen molar-refractivity contribution in [2.45, 2.75) is 32.0 Å². The Bertz CT molecular complexity index is 1470. The monoisotopic (exact) mass is 564 g/mol. The van der Waals surface area contributed by atoms with Crippen molar-refractivity contribution in [2.75, 3.05) is 14.2 Å². The number of nitrogens with zero attached hydrogens (tertiary/aromatic N) is 2. The Morgan fingerprint density at radius 3 is 1.45 bits per heavy atom. The lowest BCUT2D eigenvalue weighted by Gasteiger charge is -2.10. The minimum absolute atomic E-state index is 0.206. The smallest absolute Gasteiger partial charge is 0.305 e. The lowest BCUT2D eigenvalue weighted by atomic mass is 9.97. The van der Waals surface area contributed by atoms with Gasteiger partial charge in [-0.25, -0.2) is 0 Å². The van der Waals surface area contributed by atoms with Crippen LogP contribution in [-0.2, 0) is 24.4 Å². The van der Waals surface area contributed by atoms with E-state index in [-0.39, 0.29) is 6.42 Å². The van der Waals surface area contributed by atoms with Crippen LogP contribution in [0, 0.1) is 22.7 Å². The third-order valence-corrected chi connectivity index (χ3v) is 6.15. The summed E-state index contributed by atoms with van der Waals surface area (Å²) in [4.78, 5) is 10.7. The molecule has 0 aliphatic carbocycles.